The number of rotatable bonds is 7. The van der Waals surface area contributed by atoms with Gasteiger partial charge in [0, 0.05) is 30.4 Å². The molecule has 192 valence electrons. The van der Waals surface area contributed by atoms with E-state index in [4.69, 9.17) is 4.74 Å². The summed E-state index contributed by atoms with van der Waals surface area (Å²) in [6.07, 6.45) is 3.21. The highest BCUT2D eigenvalue weighted by Gasteiger charge is 2.40. The molecule has 5 heterocycles. The van der Waals surface area contributed by atoms with Gasteiger partial charge >= 0.3 is 0 Å². The maximum atomic E-state index is 13.9. The van der Waals surface area contributed by atoms with Crippen LogP contribution in [0.5, 0.6) is 0 Å². The number of nitrogens with one attached hydrogen (secondary N) is 2. The van der Waals surface area contributed by atoms with Gasteiger partial charge in [0.25, 0.3) is 0 Å². The van der Waals surface area contributed by atoms with Gasteiger partial charge in [0.1, 0.15) is 18.0 Å². The number of carbonyl (C=O) groups excluding carboxylic acids is 1. The number of nitrogens with zero attached hydrogens (tertiary/aromatic N) is 6. The van der Waals surface area contributed by atoms with E-state index in [1.165, 1.54) is 18.6 Å². The van der Waals surface area contributed by atoms with Crippen LogP contribution in [0, 0.1) is 12.7 Å². The predicted octanol–water partition coefficient (Wildman–Crippen LogP) is 2.52. The van der Waals surface area contributed by atoms with Crippen molar-refractivity contribution < 1.29 is 19.0 Å². The van der Waals surface area contributed by atoms with Crippen LogP contribution in [-0.4, -0.2) is 58.8 Å². The molecule has 3 N–H and O–H groups in total. The van der Waals surface area contributed by atoms with Crippen molar-refractivity contribution in [3.05, 3.63) is 60.2 Å². The Labute approximate surface area is 212 Å². The van der Waals surface area contributed by atoms with Gasteiger partial charge < -0.3 is 20.5 Å². The number of imidazole rings is 1. The first-order valence-corrected chi connectivity index (χ1v) is 11.9. The summed E-state index contributed by atoms with van der Waals surface area (Å²) < 4.78 is 21.4. The van der Waals surface area contributed by atoms with Crippen LogP contribution in [-0.2, 0) is 16.1 Å². The van der Waals surface area contributed by atoms with Crippen molar-refractivity contribution >= 4 is 22.9 Å². The number of aryl methyl sites for hydroxylation is 1. The second-order valence-corrected chi connectivity index (χ2v) is 9.27. The highest BCUT2D eigenvalue weighted by atomic mass is 19.1. The molecule has 0 radical (unpaired) electrons. The van der Waals surface area contributed by atoms with Gasteiger partial charge in [-0.1, -0.05) is 0 Å². The zero-order valence-corrected chi connectivity index (χ0v) is 20.6. The molecule has 0 saturated carbocycles. The summed E-state index contributed by atoms with van der Waals surface area (Å²) in [7, 11) is 0. The lowest BCUT2D eigenvalue weighted by Gasteiger charge is -2.18. The van der Waals surface area contributed by atoms with Gasteiger partial charge in [0.2, 0.25) is 5.91 Å². The molecule has 1 saturated heterocycles. The lowest BCUT2D eigenvalue weighted by molar-refractivity contribution is -0.135. The van der Waals surface area contributed by atoms with Crippen LogP contribution < -0.4 is 10.6 Å². The smallest absolute Gasteiger partial charge is 0.249 e. The van der Waals surface area contributed by atoms with Gasteiger partial charge in [-0.05, 0) is 44.5 Å². The number of hydrogen-bond donors (Lipinski definition) is 3. The third kappa shape index (κ3) is 5.25. The molecule has 4 aromatic rings. The number of aliphatic hydroxyl groups is 1. The van der Waals surface area contributed by atoms with E-state index in [1.54, 1.807) is 10.8 Å². The summed E-state index contributed by atoms with van der Waals surface area (Å²) in [4.78, 5) is 34.4. The summed E-state index contributed by atoms with van der Waals surface area (Å²) in [5.74, 6) is -0.215. The molecule has 12 heteroatoms. The molecular formula is C25H27FN8O3. The van der Waals surface area contributed by atoms with Crippen molar-refractivity contribution in [2.24, 2.45) is 0 Å². The summed E-state index contributed by atoms with van der Waals surface area (Å²) >= 11 is 0. The van der Waals surface area contributed by atoms with Crippen molar-refractivity contribution in [3.8, 4) is 11.4 Å². The molecular weight excluding hydrogens is 479 g/mol. The van der Waals surface area contributed by atoms with Gasteiger partial charge in [-0.2, -0.15) is 0 Å². The van der Waals surface area contributed by atoms with E-state index >= 15 is 0 Å². The van der Waals surface area contributed by atoms with Gasteiger partial charge in [0.15, 0.2) is 29.0 Å². The van der Waals surface area contributed by atoms with Crippen LogP contribution in [0.15, 0.2) is 43.1 Å². The van der Waals surface area contributed by atoms with Crippen LogP contribution in [0.25, 0.3) is 22.6 Å². The summed E-state index contributed by atoms with van der Waals surface area (Å²) in [5.41, 5.74) is 3.01. The van der Waals surface area contributed by atoms with E-state index in [0.29, 0.717) is 29.1 Å². The first kappa shape index (κ1) is 24.7. The van der Waals surface area contributed by atoms with Crippen LogP contribution in [0.3, 0.4) is 0 Å². The SMILES string of the molecule is Cc1ccnc(CNc2nc(-c3cncc(F)c3)nc3c2ncn3[C@@H]2O[C@H](C(=O)NC(C)C)C[C@H]2O)c1. The molecule has 5 rings (SSSR count). The topological polar surface area (TPSA) is 140 Å². The predicted molar refractivity (Wildman–Crippen MR) is 133 cm³/mol. The zero-order chi connectivity index (χ0) is 26.1. The van der Waals surface area contributed by atoms with E-state index in [2.05, 4.69) is 35.6 Å². The third-order valence-electron chi connectivity index (χ3n) is 5.88. The Balaban J connectivity index is 1.53. The quantitative estimate of drug-likeness (QED) is 0.345. The Hall–Kier alpha value is -4.03. The Morgan fingerprint density at radius 1 is 1.27 bits per heavy atom. The van der Waals surface area contributed by atoms with Crippen LogP contribution in [0.1, 0.15) is 37.8 Å². The number of anilines is 1. The van der Waals surface area contributed by atoms with Crippen LogP contribution in [0.2, 0.25) is 0 Å². The molecule has 0 spiro atoms. The molecule has 1 amide bonds. The fourth-order valence-corrected chi connectivity index (χ4v) is 4.21. The molecule has 0 aromatic carbocycles. The molecule has 3 atom stereocenters. The second-order valence-electron chi connectivity index (χ2n) is 9.27. The number of hydrogen-bond acceptors (Lipinski definition) is 9. The minimum absolute atomic E-state index is 0.0620. The van der Waals surface area contributed by atoms with Crippen molar-refractivity contribution in [2.75, 3.05) is 5.32 Å². The number of halogens is 1. The van der Waals surface area contributed by atoms with E-state index in [-0.39, 0.29) is 24.2 Å². The fraction of sp³-hybridized carbons (Fsp3) is 0.360. The number of pyridine rings is 2. The molecule has 0 bridgehead atoms. The first-order chi connectivity index (χ1) is 17.8. The molecule has 11 nitrogen and oxygen atoms in total. The van der Waals surface area contributed by atoms with Crippen LogP contribution >= 0.6 is 0 Å². The van der Waals surface area contributed by atoms with Crippen molar-refractivity contribution in [1.29, 1.82) is 0 Å². The minimum atomic E-state index is -0.970. The van der Waals surface area contributed by atoms with E-state index in [1.807, 2.05) is 32.9 Å². The number of aliphatic hydroxyl groups excluding tert-OH is 1. The Morgan fingerprint density at radius 2 is 2.11 bits per heavy atom. The lowest BCUT2D eigenvalue weighted by atomic mass is 10.2. The van der Waals surface area contributed by atoms with Crippen LogP contribution in [0.4, 0.5) is 10.2 Å². The van der Waals surface area contributed by atoms with Crippen molar-refractivity contribution in [2.45, 2.75) is 58.2 Å². The van der Waals surface area contributed by atoms with Gasteiger partial charge in [-0.3, -0.25) is 19.3 Å². The molecule has 4 aromatic heterocycles. The largest absolute Gasteiger partial charge is 0.388 e. The summed E-state index contributed by atoms with van der Waals surface area (Å²) in [6.45, 7) is 6.04. The number of carbonyl (C=O) groups is 1. The van der Waals surface area contributed by atoms with Gasteiger partial charge in [-0.15, -0.1) is 0 Å². The Bertz CT molecular complexity index is 1440. The normalized spacial score (nSPS) is 19.5. The lowest BCUT2D eigenvalue weighted by Crippen LogP contribution is -2.38. The van der Waals surface area contributed by atoms with E-state index in [0.717, 1.165) is 17.5 Å². The molecule has 0 aliphatic carbocycles. The van der Waals surface area contributed by atoms with Crippen molar-refractivity contribution in [1.82, 2.24) is 34.8 Å². The summed E-state index contributed by atoms with van der Waals surface area (Å²) in [6, 6.07) is 5.08. The third-order valence-corrected chi connectivity index (χ3v) is 5.88. The average molecular weight is 507 g/mol. The number of fused-ring (bicyclic) bond motifs is 1. The zero-order valence-electron chi connectivity index (χ0n) is 20.6. The molecule has 0 unspecified atom stereocenters. The standard InChI is InChI=1S/C25H27FN8O3/c1-13(2)31-24(36)19-8-18(35)25(37-19)34-12-30-20-22(29-11-17-6-14(3)4-5-28-17)32-21(33-23(20)34)15-7-16(26)10-27-9-15/h4-7,9-10,12-13,18-19,25,35H,8,11H2,1-3H3,(H,31,36)(H,29,32,33)/t18-,19+,25-/m1/s1. The maximum Gasteiger partial charge on any atom is 0.249 e. The number of ether oxygens (including phenoxy) is 1. The monoisotopic (exact) mass is 506 g/mol. The minimum Gasteiger partial charge on any atom is -0.388 e. The van der Waals surface area contributed by atoms with Crippen molar-refractivity contribution in [3.63, 3.8) is 0 Å². The Morgan fingerprint density at radius 3 is 2.86 bits per heavy atom. The van der Waals surface area contributed by atoms with Gasteiger partial charge in [0.05, 0.1) is 24.8 Å². The molecule has 37 heavy (non-hydrogen) atoms. The Kier molecular flexibility index (Phi) is 6.76. The highest BCUT2D eigenvalue weighted by Crippen LogP contribution is 2.33. The van der Waals surface area contributed by atoms with E-state index in [9.17, 15) is 14.3 Å². The number of amides is 1. The summed E-state index contributed by atoms with van der Waals surface area (Å²) in [5, 5.41) is 16.8. The molecule has 1 aliphatic heterocycles. The highest BCUT2D eigenvalue weighted by molar-refractivity contribution is 5.85. The van der Waals surface area contributed by atoms with Gasteiger partial charge in [-0.25, -0.2) is 19.3 Å². The number of aromatic nitrogens is 6. The molecule has 1 aliphatic rings. The second kappa shape index (κ2) is 10.1. The average Bonchev–Trinajstić information content (AvgIpc) is 3.45. The molecule has 1 fully saturated rings. The van der Waals surface area contributed by atoms with E-state index < -0.39 is 24.3 Å². The maximum absolute atomic E-state index is 13.9. The fourth-order valence-electron chi connectivity index (χ4n) is 4.21. The first-order valence-electron chi connectivity index (χ1n) is 11.9.